The van der Waals surface area contributed by atoms with Gasteiger partial charge in [-0.05, 0) is 42.5 Å². The molecule has 2 heterocycles. The molecule has 2 aromatic heterocycles. The number of hydrogen-bond donors (Lipinski definition) is 1. The maximum Gasteiger partial charge on any atom is 0.288 e. The summed E-state index contributed by atoms with van der Waals surface area (Å²) in [6, 6.07) is 21.3. The molecular formula is C24H14ClF2N3OS2. The number of pyridine rings is 1. The molecule has 0 saturated heterocycles. The van der Waals surface area contributed by atoms with Crippen LogP contribution in [0.5, 0.6) is 0 Å². The summed E-state index contributed by atoms with van der Waals surface area (Å²) in [7, 11) is 0. The number of rotatable bonds is 5. The lowest BCUT2D eigenvalue weighted by molar-refractivity contribution is 0.102. The first-order valence-electron chi connectivity index (χ1n) is 9.79. The first kappa shape index (κ1) is 21.8. The normalized spacial score (nSPS) is 11.4. The van der Waals surface area contributed by atoms with Gasteiger partial charge in [0.15, 0.2) is 5.13 Å². The Morgan fingerprint density at radius 3 is 2.55 bits per heavy atom. The molecule has 1 amide bonds. The first-order chi connectivity index (χ1) is 16.0. The second-order valence-corrected chi connectivity index (χ2v) is 9.59. The van der Waals surface area contributed by atoms with Gasteiger partial charge < -0.3 is 0 Å². The van der Waals surface area contributed by atoms with Gasteiger partial charge in [0, 0.05) is 20.9 Å². The van der Waals surface area contributed by atoms with Crippen molar-refractivity contribution in [2.24, 2.45) is 0 Å². The zero-order chi connectivity index (χ0) is 22.9. The average Bonchev–Trinajstić information content (AvgIpc) is 3.19. The van der Waals surface area contributed by atoms with Gasteiger partial charge in [0.2, 0.25) is 0 Å². The Balaban J connectivity index is 1.50. The van der Waals surface area contributed by atoms with Gasteiger partial charge in [-0.25, -0.2) is 9.97 Å². The minimum atomic E-state index is -2.50. The fourth-order valence-corrected chi connectivity index (χ4v) is 5.07. The van der Waals surface area contributed by atoms with Crippen molar-refractivity contribution in [2.75, 3.05) is 5.32 Å². The molecular weight excluding hydrogens is 484 g/mol. The summed E-state index contributed by atoms with van der Waals surface area (Å²) in [5.74, 6) is -2.82. The molecule has 0 unspecified atom stereocenters. The summed E-state index contributed by atoms with van der Waals surface area (Å²) in [5.41, 5.74) is 3.26. The maximum absolute atomic E-state index is 13.3. The van der Waals surface area contributed by atoms with E-state index in [4.69, 9.17) is 16.6 Å². The van der Waals surface area contributed by atoms with Gasteiger partial charge in [-0.2, -0.15) is 8.78 Å². The molecule has 0 aliphatic carbocycles. The molecule has 0 saturated carbocycles. The highest BCUT2D eigenvalue weighted by Crippen LogP contribution is 2.33. The zero-order valence-corrected chi connectivity index (χ0v) is 19.1. The fraction of sp³-hybridized carbons (Fsp3) is 0.0417. The van der Waals surface area contributed by atoms with Crippen molar-refractivity contribution in [3.63, 3.8) is 0 Å². The van der Waals surface area contributed by atoms with Crippen molar-refractivity contribution in [1.82, 2.24) is 9.97 Å². The summed E-state index contributed by atoms with van der Waals surface area (Å²) in [5, 5.41) is 4.57. The van der Waals surface area contributed by atoms with E-state index >= 15 is 0 Å². The SMILES string of the molecule is O=C(Nc1nc2ccc(SC(F)F)cc2s1)c1cc(-c2ccc(Cl)cc2)nc2ccccc12. The van der Waals surface area contributed by atoms with E-state index in [2.05, 4.69) is 10.3 Å². The van der Waals surface area contributed by atoms with Crippen LogP contribution >= 0.6 is 34.7 Å². The van der Waals surface area contributed by atoms with Crippen LogP contribution in [0, 0.1) is 0 Å². The topological polar surface area (TPSA) is 54.9 Å². The fourth-order valence-electron chi connectivity index (χ4n) is 3.43. The predicted octanol–water partition coefficient (Wildman–Crippen LogP) is 7.73. The van der Waals surface area contributed by atoms with Gasteiger partial charge in [-0.3, -0.25) is 10.1 Å². The van der Waals surface area contributed by atoms with Gasteiger partial charge in [0.1, 0.15) is 0 Å². The van der Waals surface area contributed by atoms with E-state index in [0.29, 0.717) is 54.5 Å². The van der Waals surface area contributed by atoms with Gasteiger partial charge in [-0.15, -0.1) is 0 Å². The number of anilines is 1. The molecule has 33 heavy (non-hydrogen) atoms. The Bertz CT molecular complexity index is 1490. The number of para-hydroxylation sites is 1. The molecule has 9 heteroatoms. The minimum Gasteiger partial charge on any atom is -0.298 e. The van der Waals surface area contributed by atoms with Crippen molar-refractivity contribution in [3.8, 4) is 11.3 Å². The maximum atomic E-state index is 13.3. The van der Waals surface area contributed by atoms with Crippen LogP contribution in [0.3, 0.4) is 0 Å². The van der Waals surface area contributed by atoms with Crippen LogP contribution in [-0.2, 0) is 0 Å². The third-order valence-corrected chi connectivity index (χ3v) is 6.80. The third kappa shape index (κ3) is 4.68. The number of carbonyl (C=O) groups excluding carboxylic acids is 1. The van der Waals surface area contributed by atoms with E-state index in [-0.39, 0.29) is 5.91 Å². The average molecular weight is 498 g/mol. The summed E-state index contributed by atoms with van der Waals surface area (Å²) in [6.07, 6.45) is 0. The molecule has 0 radical (unpaired) electrons. The van der Waals surface area contributed by atoms with Crippen LogP contribution in [0.2, 0.25) is 5.02 Å². The summed E-state index contributed by atoms with van der Waals surface area (Å²) >= 11 is 7.72. The molecule has 0 bridgehead atoms. The molecule has 3 aromatic carbocycles. The minimum absolute atomic E-state index is 0.329. The van der Waals surface area contributed by atoms with Crippen molar-refractivity contribution in [2.45, 2.75) is 10.7 Å². The van der Waals surface area contributed by atoms with Crippen LogP contribution in [0.4, 0.5) is 13.9 Å². The van der Waals surface area contributed by atoms with Crippen LogP contribution < -0.4 is 5.32 Å². The van der Waals surface area contributed by atoms with Crippen LogP contribution in [0.1, 0.15) is 10.4 Å². The van der Waals surface area contributed by atoms with Gasteiger partial charge in [-0.1, -0.05) is 65.0 Å². The smallest absolute Gasteiger partial charge is 0.288 e. The molecule has 4 nitrogen and oxygen atoms in total. The highest BCUT2D eigenvalue weighted by Gasteiger charge is 2.16. The second-order valence-electron chi connectivity index (χ2n) is 7.06. The lowest BCUT2D eigenvalue weighted by atomic mass is 10.0. The highest BCUT2D eigenvalue weighted by molar-refractivity contribution is 7.99. The third-order valence-electron chi connectivity index (χ3n) is 4.91. The Labute approximate surface area is 200 Å². The molecule has 0 atom stereocenters. The van der Waals surface area contributed by atoms with Crippen molar-refractivity contribution < 1.29 is 13.6 Å². The Morgan fingerprint density at radius 2 is 1.76 bits per heavy atom. The largest absolute Gasteiger partial charge is 0.298 e. The standard InChI is InChI=1S/C24H14ClF2N3OS2/c25-14-7-5-13(6-8-14)20-12-17(16-3-1-2-4-18(16)28-20)22(31)30-24-29-19-10-9-15(32-23(26)27)11-21(19)33-24/h1-12,23H,(H,29,30,31). The Kier molecular flexibility index (Phi) is 5.97. The van der Waals surface area contributed by atoms with E-state index < -0.39 is 5.76 Å². The number of nitrogens with zero attached hydrogens (tertiary/aromatic N) is 2. The number of amides is 1. The van der Waals surface area contributed by atoms with Gasteiger partial charge >= 0.3 is 0 Å². The number of alkyl halides is 2. The number of fused-ring (bicyclic) bond motifs is 2. The van der Waals surface area contributed by atoms with E-state index in [1.54, 1.807) is 36.4 Å². The zero-order valence-electron chi connectivity index (χ0n) is 16.8. The molecule has 0 fully saturated rings. The second kappa shape index (κ2) is 9.05. The molecule has 1 N–H and O–H groups in total. The summed E-state index contributed by atoms with van der Waals surface area (Å²) in [6.45, 7) is 0. The lowest BCUT2D eigenvalue weighted by Crippen LogP contribution is -2.13. The van der Waals surface area contributed by atoms with E-state index in [1.165, 1.54) is 11.3 Å². The van der Waals surface area contributed by atoms with Crippen molar-refractivity contribution in [1.29, 1.82) is 0 Å². The van der Waals surface area contributed by atoms with E-state index in [1.807, 2.05) is 36.4 Å². The van der Waals surface area contributed by atoms with Crippen LogP contribution in [0.25, 0.3) is 32.4 Å². The number of thioether (sulfide) groups is 1. The molecule has 5 rings (SSSR count). The Hall–Kier alpha value is -3.07. The molecule has 164 valence electrons. The summed E-state index contributed by atoms with van der Waals surface area (Å²) in [4.78, 5) is 22.8. The number of thiazole rings is 1. The number of benzene rings is 3. The van der Waals surface area contributed by atoms with Gasteiger partial charge in [0.05, 0.1) is 27.0 Å². The van der Waals surface area contributed by atoms with E-state index in [0.717, 1.165) is 10.3 Å². The quantitative estimate of drug-likeness (QED) is 0.252. The number of nitrogens with one attached hydrogen (secondary N) is 1. The lowest BCUT2D eigenvalue weighted by Gasteiger charge is -2.09. The molecule has 5 aromatic rings. The number of halogens is 3. The monoisotopic (exact) mass is 497 g/mol. The van der Waals surface area contributed by atoms with Crippen molar-refractivity contribution >= 4 is 66.9 Å². The van der Waals surface area contributed by atoms with Crippen LogP contribution in [0.15, 0.2) is 77.7 Å². The number of carbonyl (C=O) groups is 1. The van der Waals surface area contributed by atoms with E-state index in [9.17, 15) is 13.6 Å². The summed E-state index contributed by atoms with van der Waals surface area (Å²) < 4.78 is 26.1. The van der Waals surface area contributed by atoms with Crippen LogP contribution in [-0.4, -0.2) is 21.6 Å². The highest BCUT2D eigenvalue weighted by atomic mass is 35.5. The van der Waals surface area contributed by atoms with Crippen molar-refractivity contribution in [3.05, 3.63) is 83.4 Å². The molecule has 0 spiro atoms. The first-order valence-corrected chi connectivity index (χ1v) is 11.9. The van der Waals surface area contributed by atoms with Gasteiger partial charge in [0.25, 0.3) is 11.7 Å². The Morgan fingerprint density at radius 1 is 0.970 bits per heavy atom. The number of hydrogen-bond acceptors (Lipinski definition) is 5. The predicted molar refractivity (Wildman–Crippen MR) is 132 cm³/mol. The molecule has 0 aliphatic heterocycles. The molecule has 0 aliphatic rings. The number of aromatic nitrogens is 2.